The van der Waals surface area contributed by atoms with Crippen LogP contribution in [0.1, 0.15) is 160 Å². The van der Waals surface area contributed by atoms with E-state index < -0.39 is 137 Å². The zero-order valence-corrected chi connectivity index (χ0v) is 65.5. The summed E-state index contributed by atoms with van der Waals surface area (Å²) in [4.78, 5) is 0. The van der Waals surface area contributed by atoms with E-state index in [0.717, 1.165) is 44.5 Å². The molecule has 0 saturated carbocycles. The summed E-state index contributed by atoms with van der Waals surface area (Å²) < 4.78 is 253. The van der Waals surface area contributed by atoms with Crippen molar-refractivity contribution < 1.29 is 88.8 Å². The van der Waals surface area contributed by atoms with Crippen molar-refractivity contribution in [2.24, 2.45) is 17.8 Å². The molecule has 2 aliphatic rings. The van der Waals surface area contributed by atoms with Gasteiger partial charge in [0.05, 0.1) is 32.0 Å². The second-order valence-corrected chi connectivity index (χ2v) is 42.5. The number of phosphoric acid groups is 1. The van der Waals surface area contributed by atoms with Gasteiger partial charge in [-0.15, -0.1) is 6.42 Å². The topological polar surface area (TPSA) is 72.5 Å². The highest BCUT2D eigenvalue weighted by molar-refractivity contribution is 7.48. The van der Waals surface area contributed by atoms with Gasteiger partial charge in [0.25, 0.3) is 0 Å². The zero-order chi connectivity index (χ0) is 78.7. The van der Waals surface area contributed by atoms with E-state index >= 15 is 30.9 Å². The second kappa shape index (κ2) is 33.3. The van der Waals surface area contributed by atoms with Gasteiger partial charge in [0.2, 0.25) is 8.32 Å². The fraction of sp³-hybridized carbons (Fsp3) is 0.476. The Morgan fingerprint density at radius 1 is 0.439 bits per heavy atom. The van der Waals surface area contributed by atoms with Crippen molar-refractivity contribution in [2.75, 3.05) is 19.8 Å². The van der Waals surface area contributed by atoms with Crippen LogP contribution in [0.25, 0.3) is 22.3 Å². The van der Waals surface area contributed by atoms with Crippen molar-refractivity contribution in [1.82, 2.24) is 0 Å². The molecule has 6 atom stereocenters. The molecule has 0 fully saturated rings. The highest BCUT2D eigenvalue weighted by Crippen LogP contribution is 2.63. The van der Waals surface area contributed by atoms with Gasteiger partial charge in [0.15, 0.2) is 8.32 Å². The van der Waals surface area contributed by atoms with Crippen molar-refractivity contribution in [3.63, 3.8) is 0 Å². The largest absolute Gasteiger partial charge is 0.475 e. The number of fused-ring (bicyclic) bond motifs is 6. The number of phosphoric ester groups is 1. The summed E-state index contributed by atoms with van der Waals surface area (Å²) >= 11 is 0. The molecule has 7 nitrogen and oxygen atoms in total. The Morgan fingerprint density at radius 2 is 0.794 bits per heavy atom. The molecule has 0 amide bonds. The highest BCUT2D eigenvalue weighted by Gasteiger charge is 2.90. The van der Waals surface area contributed by atoms with Crippen LogP contribution in [0, 0.1) is 30.1 Å². The molecule has 2 aliphatic carbocycles. The van der Waals surface area contributed by atoms with Gasteiger partial charge >= 0.3 is 43.6 Å². The monoisotopic (exact) mass is 1550 g/mol. The summed E-state index contributed by atoms with van der Waals surface area (Å²) in [5, 5.41) is 0. The lowest BCUT2D eigenvalue weighted by Crippen LogP contribution is -2.70. The first-order valence-corrected chi connectivity index (χ1v) is 42.5. The third kappa shape index (κ3) is 16.3. The number of alkyl halides is 13. The van der Waals surface area contributed by atoms with Crippen LogP contribution in [0.5, 0.6) is 0 Å². The number of halogens is 13. The molecule has 0 N–H and O–H groups in total. The predicted molar refractivity (Wildman–Crippen MR) is 400 cm³/mol. The van der Waals surface area contributed by atoms with Crippen LogP contribution in [-0.4, -0.2) is 90.6 Å². The Hall–Kier alpha value is -6.39. The van der Waals surface area contributed by atoms with Gasteiger partial charge in [-0.3, -0.25) is 13.6 Å². The molecule has 0 spiro atoms. The number of rotatable bonds is 37. The average Bonchev–Trinajstić information content (AvgIpc) is 1.54. The van der Waals surface area contributed by atoms with Crippen LogP contribution in [0.15, 0.2) is 188 Å². The average molecular weight is 1550 g/mol. The highest BCUT2D eigenvalue weighted by atomic mass is 31.2. The van der Waals surface area contributed by atoms with Gasteiger partial charge in [-0.1, -0.05) is 284 Å². The van der Waals surface area contributed by atoms with Crippen molar-refractivity contribution >= 4 is 24.5 Å². The van der Waals surface area contributed by atoms with E-state index in [1.807, 2.05) is 195 Å². The summed E-state index contributed by atoms with van der Waals surface area (Å²) in [6.07, 6.45) is -6.82. The molecule has 7 aromatic rings. The van der Waals surface area contributed by atoms with E-state index in [9.17, 15) is 30.7 Å². The van der Waals surface area contributed by atoms with Crippen LogP contribution < -0.4 is 0 Å². The lowest BCUT2D eigenvalue weighted by Gasteiger charge is -2.47. The van der Waals surface area contributed by atoms with Crippen LogP contribution >= 0.6 is 7.82 Å². The maximum atomic E-state index is 16.7. The molecule has 0 saturated heterocycles. The Bertz CT molecular complexity index is 3850. The molecule has 107 heavy (non-hydrogen) atoms. The fourth-order valence-corrected chi connectivity index (χ4v) is 28.5. The van der Waals surface area contributed by atoms with Crippen LogP contribution in [-0.2, 0) is 37.3 Å². The molecule has 0 radical (unpaired) electrons. The van der Waals surface area contributed by atoms with Crippen LogP contribution in [0.3, 0.4) is 0 Å². The molecule has 0 bridgehead atoms. The fourth-order valence-electron chi connectivity index (χ4n) is 16.6. The van der Waals surface area contributed by atoms with Gasteiger partial charge in [-0.05, 0) is 114 Å². The van der Waals surface area contributed by atoms with E-state index in [1.165, 1.54) is 27.7 Å². The second-order valence-electron chi connectivity index (χ2n) is 30.5. The molecular formula is C84H98F13O7PSi2. The number of hydrogen-bond donors (Lipinski definition) is 0. The Kier molecular flexibility index (Phi) is 26.3. The lowest BCUT2D eigenvalue weighted by molar-refractivity contribution is -0.440. The minimum Gasteiger partial charge on any atom is -0.413 e. The van der Waals surface area contributed by atoms with E-state index in [4.69, 9.17) is 33.6 Å². The molecule has 0 aliphatic heterocycles. The summed E-state index contributed by atoms with van der Waals surface area (Å²) in [6.45, 7) is 23.4. The van der Waals surface area contributed by atoms with Gasteiger partial charge in [0.1, 0.15) is 11.7 Å². The molecule has 9 rings (SSSR count). The first-order valence-electron chi connectivity index (χ1n) is 36.7. The smallest absolute Gasteiger partial charge is 0.413 e. The summed E-state index contributed by atoms with van der Waals surface area (Å²) in [5.41, 5.74) is 6.39. The van der Waals surface area contributed by atoms with Crippen molar-refractivity contribution in [3.8, 4) is 34.6 Å². The molecular weight excluding hydrogens is 1460 g/mol. The Labute approximate surface area is 623 Å². The van der Waals surface area contributed by atoms with Crippen molar-refractivity contribution in [3.05, 3.63) is 227 Å². The van der Waals surface area contributed by atoms with Gasteiger partial charge in [-0.25, -0.2) is 4.57 Å². The first kappa shape index (κ1) is 84.6. The third-order valence-corrected chi connectivity index (χ3v) is 35.7. The summed E-state index contributed by atoms with van der Waals surface area (Å²) in [7, 11) is -12.2. The van der Waals surface area contributed by atoms with E-state index in [2.05, 4.69) is 47.5 Å². The quantitative estimate of drug-likeness (QED) is 0.0126. The zero-order valence-electron chi connectivity index (χ0n) is 62.6. The van der Waals surface area contributed by atoms with Gasteiger partial charge < -0.3 is 13.6 Å². The predicted octanol–water partition coefficient (Wildman–Crippen LogP) is 25.3. The van der Waals surface area contributed by atoms with E-state index in [-0.39, 0.29) is 49.3 Å². The van der Waals surface area contributed by atoms with Gasteiger partial charge in [-0.2, -0.15) is 57.1 Å². The number of benzene rings is 7. The molecule has 0 aromatic heterocycles. The summed E-state index contributed by atoms with van der Waals surface area (Å²) in [5.74, 6) is -38.3. The number of terminal acetylenes is 1. The van der Waals surface area contributed by atoms with E-state index in [1.54, 1.807) is 13.8 Å². The normalized spacial score (nSPS) is 16.2. The van der Waals surface area contributed by atoms with Crippen molar-refractivity contribution in [2.45, 2.75) is 215 Å². The Morgan fingerprint density at radius 3 is 1.14 bits per heavy atom. The maximum absolute atomic E-state index is 16.7. The molecule has 23 heteroatoms. The minimum absolute atomic E-state index is 0.0139. The Balaban J connectivity index is 1.17. The maximum Gasteiger partial charge on any atom is 0.475 e. The molecule has 580 valence electrons. The standard InChI is InChI=1S/C84H98F13O7PSi2/c1-15-75(103-107(56(6)7,57(8)9)58(10)11)61(14)76(102-105(98,100-52-73-69-43-29-25-39-65(69)66-40-26-30-44-70(66)73)101-53-74-71-45-31-27-41-67(71)68-42-28-32-46-72(68)74)48-47-59(12)77(60(13)51-99-79(62-33-19-16-20-34-62,63-35-21-17-22-36-63)64-37-23-18-24-38-64)104-106(54(2)3,55(4)5)50-49-78(85,86)80(87,88)81(89,90)82(91,92)83(93,94)84(95,96)97/h1,16-46,54-61,73-77H,47-53H2,2-14H3/t59-,60-,61-,75-,76-,77-/m0/s1. The third-order valence-electron chi connectivity index (χ3n) is 22.5. The first-order chi connectivity index (χ1) is 50.2. The minimum atomic E-state index is -8.07. The SMILES string of the molecule is C#C[C@H](O[Si](C(C)C)(C(C)C)C(C)C)[C@H](C)[C@H](CC[C@H](C)[C@H](O[Si](CCC(F)(F)C(F)(F)C(F)(F)C(F)(F)C(F)(F)C(F)(F)F)(C(C)C)C(C)C)[C@@H](C)COC(c1ccccc1)(c1ccccc1)c1ccccc1)OP(=O)(OCC1c2ccccc2-c2ccccc21)OCC1c2ccccc2-c2ccccc21. The molecule has 0 heterocycles. The van der Waals surface area contributed by atoms with Crippen LogP contribution in [0.4, 0.5) is 57.1 Å². The summed E-state index contributed by atoms with van der Waals surface area (Å²) in [6, 6.07) is 57.9. The van der Waals surface area contributed by atoms with Crippen molar-refractivity contribution in [1.29, 1.82) is 0 Å². The van der Waals surface area contributed by atoms with E-state index in [0.29, 0.717) is 16.7 Å². The number of ether oxygens (including phenoxy) is 1. The molecule has 0 unspecified atom stereocenters. The van der Waals surface area contributed by atoms with Gasteiger partial charge in [0, 0.05) is 30.1 Å². The lowest BCUT2D eigenvalue weighted by atomic mass is 9.79. The molecule has 7 aromatic carbocycles. The van der Waals surface area contributed by atoms with Crippen LogP contribution in [0.2, 0.25) is 33.7 Å². The number of hydrogen-bond acceptors (Lipinski definition) is 7.